The third kappa shape index (κ3) is 1.52. The van der Waals surface area contributed by atoms with Gasteiger partial charge in [-0.05, 0) is 18.6 Å². The molecule has 0 radical (unpaired) electrons. The molecule has 2 aromatic carbocycles. The van der Waals surface area contributed by atoms with E-state index in [-0.39, 0.29) is 0 Å². The van der Waals surface area contributed by atoms with E-state index >= 15 is 0 Å². The van der Waals surface area contributed by atoms with E-state index in [4.69, 9.17) is 4.98 Å². The SMILES string of the molecule is C=Cc1cccc2c1/c(=C\C)nc1c3ccccc3c(=C)n21. The lowest BCUT2D eigenvalue weighted by Crippen LogP contribution is -2.16. The Kier molecular flexibility index (Phi) is 2.67. The van der Waals surface area contributed by atoms with Gasteiger partial charge < -0.3 is 0 Å². The highest BCUT2D eigenvalue weighted by Gasteiger charge is 2.11. The zero-order valence-electron chi connectivity index (χ0n) is 12.5. The largest absolute Gasteiger partial charge is 0.294 e. The maximum Gasteiger partial charge on any atom is 0.146 e. The minimum absolute atomic E-state index is 0.961. The van der Waals surface area contributed by atoms with E-state index in [1.165, 1.54) is 0 Å². The summed E-state index contributed by atoms with van der Waals surface area (Å²) in [7, 11) is 0. The Labute approximate surface area is 128 Å². The zero-order valence-corrected chi connectivity index (χ0v) is 12.5. The van der Waals surface area contributed by atoms with Crippen LogP contribution < -0.4 is 10.7 Å². The lowest BCUT2D eigenvalue weighted by molar-refractivity contribution is 1.15. The number of fused-ring (bicyclic) bond motifs is 5. The molecule has 22 heavy (non-hydrogen) atoms. The Bertz CT molecular complexity index is 1160. The van der Waals surface area contributed by atoms with Crippen molar-refractivity contribution in [3.05, 3.63) is 65.3 Å². The van der Waals surface area contributed by atoms with E-state index in [1.54, 1.807) is 0 Å². The van der Waals surface area contributed by atoms with Gasteiger partial charge >= 0.3 is 0 Å². The van der Waals surface area contributed by atoms with Crippen molar-refractivity contribution >= 4 is 46.1 Å². The standard InChI is InChI=1S/C20H16N2/c1-4-14-9-8-12-18-19(14)17(5-2)21-20-16-11-7-6-10-15(16)13(3)22(18)20/h4-12H,1,3H2,2H3/b17-5+. The van der Waals surface area contributed by atoms with Crippen LogP contribution in [0.1, 0.15) is 12.5 Å². The summed E-state index contributed by atoms with van der Waals surface area (Å²) in [6.45, 7) is 10.2. The van der Waals surface area contributed by atoms with Crippen LogP contribution in [0, 0.1) is 0 Å². The summed E-state index contributed by atoms with van der Waals surface area (Å²) in [6.07, 6.45) is 3.94. The summed E-state index contributed by atoms with van der Waals surface area (Å²) >= 11 is 0. The zero-order chi connectivity index (χ0) is 15.3. The number of hydrogen-bond acceptors (Lipinski definition) is 1. The first-order valence-electron chi connectivity index (χ1n) is 7.36. The Morgan fingerprint density at radius 3 is 2.55 bits per heavy atom. The minimum atomic E-state index is 0.961. The lowest BCUT2D eigenvalue weighted by atomic mass is 10.1. The molecule has 0 fully saturated rings. The molecule has 0 saturated heterocycles. The number of nitrogens with zero attached hydrogens (tertiary/aromatic N) is 2. The molecule has 0 aliphatic heterocycles. The molecular formula is C20H16N2. The van der Waals surface area contributed by atoms with E-state index in [1.807, 2.05) is 25.1 Å². The molecule has 0 aliphatic rings. The van der Waals surface area contributed by atoms with Gasteiger partial charge in [0.05, 0.1) is 10.9 Å². The fraction of sp³-hybridized carbons (Fsp3) is 0.0500. The fourth-order valence-electron chi connectivity index (χ4n) is 3.24. The van der Waals surface area contributed by atoms with Crippen LogP contribution >= 0.6 is 0 Å². The van der Waals surface area contributed by atoms with E-state index < -0.39 is 0 Å². The quantitative estimate of drug-likeness (QED) is 0.523. The molecule has 0 N–H and O–H groups in total. The van der Waals surface area contributed by atoms with Crippen LogP contribution in [-0.4, -0.2) is 9.38 Å². The van der Waals surface area contributed by atoms with Crippen LogP contribution in [0.2, 0.25) is 0 Å². The molecule has 0 saturated carbocycles. The number of hydrogen-bond donors (Lipinski definition) is 0. The van der Waals surface area contributed by atoms with Crippen molar-refractivity contribution in [2.24, 2.45) is 0 Å². The number of rotatable bonds is 1. The van der Waals surface area contributed by atoms with Gasteiger partial charge in [0.1, 0.15) is 5.65 Å². The third-order valence-corrected chi connectivity index (χ3v) is 4.25. The second-order valence-corrected chi connectivity index (χ2v) is 5.38. The predicted octanol–water partition coefficient (Wildman–Crippen LogP) is 3.49. The smallest absolute Gasteiger partial charge is 0.146 e. The minimum Gasteiger partial charge on any atom is -0.294 e. The van der Waals surface area contributed by atoms with Gasteiger partial charge in [0.25, 0.3) is 0 Å². The molecule has 0 amide bonds. The second kappa shape index (κ2) is 4.57. The Morgan fingerprint density at radius 1 is 1.05 bits per heavy atom. The summed E-state index contributed by atoms with van der Waals surface area (Å²) in [5.41, 5.74) is 3.18. The Balaban J connectivity index is 2.46. The monoisotopic (exact) mass is 284 g/mol. The first kappa shape index (κ1) is 12.8. The van der Waals surface area contributed by atoms with Crippen LogP contribution in [0.5, 0.6) is 0 Å². The number of benzene rings is 2. The molecule has 4 rings (SSSR count). The molecule has 0 spiro atoms. The molecule has 2 aromatic heterocycles. The summed E-state index contributed by atoms with van der Waals surface area (Å²) in [5, 5.41) is 5.38. The van der Waals surface area contributed by atoms with Crippen molar-refractivity contribution in [2.45, 2.75) is 6.92 Å². The van der Waals surface area contributed by atoms with E-state index in [0.717, 1.165) is 43.6 Å². The van der Waals surface area contributed by atoms with E-state index in [2.05, 4.69) is 54.0 Å². The molecule has 0 atom stereocenters. The molecule has 2 nitrogen and oxygen atoms in total. The van der Waals surface area contributed by atoms with Crippen molar-refractivity contribution in [3.63, 3.8) is 0 Å². The van der Waals surface area contributed by atoms with Crippen LogP contribution in [0.25, 0.3) is 46.1 Å². The normalized spacial score (nSPS) is 12.5. The van der Waals surface area contributed by atoms with E-state index in [0.29, 0.717) is 0 Å². The van der Waals surface area contributed by atoms with Gasteiger partial charge in [0, 0.05) is 21.5 Å². The van der Waals surface area contributed by atoms with Crippen LogP contribution in [-0.2, 0) is 0 Å². The van der Waals surface area contributed by atoms with Gasteiger partial charge in [-0.1, -0.05) is 61.7 Å². The van der Waals surface area contributed by atoms with Crippen LogP contribution in [0.15, 0.2) is 49.0 Å². The van der Waals surface area contributed by atoms with Gasteiger partial charge in [0.15, 0.2) is 0 Å². The van der Waals surface area contributed by atoms with Crippen LogP contribution in [0.3, 0.4) is 0 Å². The maximum atomic E-state index is 4.90. The third-order valence-electron chi connectivity index (χ3n) is 4.25. The highest BCUT2D eigenvalue weighted by Crippen LogP contribution is 2.21. The van der Waals surface area contributed by atoms with Gasteiger partial charge in [-0.15, -0.1) is 0 Å². The Morgan fingerprint density at radius 2 is 1.82 bits per heavy atom. The average Bonchev–Trinajstić information content (AvgIpc) is 2.86. The molecule has 0 bridgehead atoms. The van der Waals surface area contributed by atoms with Crippen molar-refractivity contribution in [1.82, 2.24) is 9.38 Å². The predicted molar refractivity (Wildman–Crippen MR) is 95.2 cm³/mol. The molecule has 0 aliphatic carbocycles. The second-order valence-electron chi connectivity index (χ2n) is 5.38. The first-order chi connectivity index (χ1) is 10.8. The lowest BCUT2D eigenvalue weighted by Gasteiger charge is -2.07. The molecular weight excluding hydrogens is 268 g/mol. The molecule has 2 heterocycles. The molecule has 106 valence electrons. The van der Waals surface area contributed by atoms with E-state index in [9.17, 15) is 0 Å². The van der Waals surface area contributed by atoms with Gasteiger partial charge in [-0.25, -0.2) is 4.98 Å². The summed E-state index contributed by atoms with van der Waals surface area (Å²) in [6, 6.07) is 14.5. The van der Waals surface area contributed by atoms with Crippen molar-refractivity contribution < 1.29 is 0 Å². The molecule has 0 unspecified atom stereocenters. The van der Waals surface area contributed by atoms with Crippen molar-refractivity contribution in [3.8, 4) is 0 Å². The highest BCUT2D eigenvalue weighted by molar-refractivity contribution is 6.00. The fourth-order valence-corrected chi connectivity index (χ4v) is 3.24. The topological polar surface area (TPSA) is 17.3 Å². The first-order valence-corrected chi connectivity index (χ1v) is 7.36. The van der Waals surface area contributed by atoms with Gasteiger partial charge in [-0.2, -0.15) is 0 Å². The van der Waals surface area contributed by atoms with Crippen molar-refractivity contribution in [1.29, 1.82) is 0 Å². The van der Waals surface area contributed by atoms with Gasteiger partial charge in [0.2, 0.25) is 0 Å². The summed E-state index contributed by atoms with van der Waals surface area (Å²) in [5.74, 6) is 0. The molecule has 4 aromatic rings. The maximum absolute atomic E-state index is 4.90. The summed E-state index contributed by atoms with van der Waals surface area (Å²) in [4.78, 5) is 4.90. The highest BCUT2D eigenvalue weighted by atomic mass is 15.0. The number of aromatic nitrogens is 2. The summed E-state index contributed by atoms with van der Waals surface area (Å²) < 4.78 is 2.15. The Hall–Kier alpha value is -2.87. The average molecular weight is 284 g/mol. The van der Waals surface area contributed by atoms with Crippen LogP contribution in [0.4, 0.5) is 0 Å². The molecule has 2 heteroatoms. The van der Waals surface area contributed by atoms with Gasteiger partial charge in [-0.3, -0.25) is 4.40 Å². The van der Waals surface area contributed by atoms with Crippen molar-refractivity contribution in [2.75, 3.05) is 0 Å².